The van der Waals surface area contributed by atoms with Crippen molar-refractivity contribution < 1.29 is 28.7 Å². The van der Waals surface area contributed by atoms with E-state index >= 15 is 0 Å². The minimum atomic E-state index is -0.475. The van der Waals surface area contributed by atoms with Crippen LogP contribution in [0, 0.1) is 0 Å². The van der Waals surface area contributed by atoms with Crippen LogP contribution >= 0.6 is 0 Å². The highest BCUT2D eigenvalue weighted by atomic mass is 16.5. The first-order valence-corrected chi connectivity index (χ1v) is 20.7. The van der Waals surface area contributed by atoms with E-state index in [0.29, 0.717) is 22.8 Å². The Kier molecular flexibility index (Phi) is 15.3. The molecule has 2 aromatic heterocycles. The minimum absolute atomic E-state index is 0.106. The molecular weight excluding hydrogens is 781 g/mol. The molecule has 4 aromatic carbocycles. The number of hydrogen-bond acceptors (Lipinski definition) is 10. The summed E-state index contributed by atoms with van der Waals surface area (Å²) < 4.78 is 11.3. The van der Waals surface area contributed by atoms with Gasteiger partial charge in [0.25, 0.3) is 0 Å². The number of rotatable bonds is 12. The normalized spacial score (nSPS) is 14.5. The lowest BCUT2D eigenvalue weighted by Gasteiger charge is -2.31. The van der Waals surface area contributed by atoms with Crippen molar-refractivity contribution in [3.63, 3.8) is 0 Å². The Labute approximate surface area is 362 Å². The first-order chi connectivity index (χ1) is 30.3. The second kappa shape index (κ2) is 22.0. The number of ether oxygens (including phenoxy) is 2. The van der Waals surface area contributed by atoms with Gasteiger partial charge in [0.1, 0.15) is 13.2 Å². The van der Waals surface area contributed by atoms with Gasteiger partial charge < -0.3 is 19.3 Å². The third-order valence-electron chi connectivity index (χ3n) is 10.3. The molecule has 12 heteroatoms. The molecule has 1 aliphatic rings. The van der Waals surface area contributed by atoms with Crippen LogP contribution in [0.15, 0.2) is 158 Å². The Balaban J connectivity index is 1.21. The average Bonchev–Trinajstić information content (AvgIpc) is 3.29. The van der Waals surface area contributed by atoms with Crippen LogP contribution in [0.4, 0.5) is 0 Å². The Bertz CT molecular complexity index is 2220. The lowest BCUT2D eigenvalue weighted by atomic mass is 10.2. The van der Waals surface area contributed by atoms with E-state index < -0.39 is 11.9 Å². The van der Waals surface area contributed by atoms with Gasteiger partial charge in [-0.05, 0) is 46.5 Å². The first-order valence-electron chi connectivity index (χ1n) is 20.7. The third kappa shape index (κ3) is 13.2. The molecule has 2 amide bonds. The van der Waals surface area contributed by atoms with E-state index in [9.17, 15) is 19.2 Å². The highest BCUT2D eigenvalue weighted by Gasteiger charge is 2.26. The SMILES string of the molecule is O=C(CN1CC(=O)N(Cc2ccccc2)CCN(Cc2ccccc2)C(=O)CN(CC(=O)OCc2ccccc2)Cc2cccc(n2)-c2cccc(n2)C1)OCc1ccccc1. The molecule has 6 aromatic rings. The van der Waals surface area contributed by atoms with Gasteiger partial charge in [0.05, 0.1) is 49.0 Å². The van der Waals surface area contributed by atoms with E-state index in [-0.39, 0.29) is 90.5 Å². The highest BCUT2D eigenvalue weighted by Crippen LogP contribution is 2.19. The van der Waals surface area contributed by atoms with Gasteiger partial charge in [-0.2, -0.15) is 0 Å². The molecule has 0 atom stereocenters. The summed E-state index contributed by atoms with van der Waals surface area (Å²) in [6, 6.07) is 49.4. The molecule has 4 bridgehead atoms. The lowest BCUT2D eigenvalue weighted by molar-refractivity contribution is -0.149. The fraction of sp³-hybridized carbons (Fsp3) is 0.240. The van der Waals surface area contributed by atoms with Crippen LogP contribution in [-0.2, 0) is 68.0 Å². The molecule has 1 aliphatic heterocycles. The monoisotopic (exact) mass is 830 g/mol. The third-order valence-corrected chi connectivity index (χ3v) is 10.3. The smallest absolute Gasteiger partial charge is 0.320 e. The number of carbonyl (C=O) groups is 4. The minimum Gasteiger partial charge on any atom is -0.460 e. The van der Waals surface area contributed by atoms with Crippen LogP contribution in [0.25, 0.3) is 11.4 Å². The lowest BCUT2D eigenvalue weighted by Crippen LogP contribution is -2.47. The molecule has 0 radical (unpaired) electrons. The summed E-state index contributed by atoms with van der Waals surface area (Å²) in [7, 11) is 0. The van der Waals surface area contributed by atoms with Gasteiger partial charge in [0.15, 0.2) is 0 Å². The van der Waals surface area contributed by atoms with Crippen molar-refractivity contribution in [3.8, 4) is 11.4 Å². The molecule has 0 spiro atoms. The van der Waals surface area contributed by atoms with Gasteiger partial charge in [-0.3, -0.25) is 29.0 Å². The van der Waals surface area contributed by atoms with Crippen molar-refractivity contribution in [1.29, 1.82) is 0 Å². The summed E-state index contributed by atoms with van der Waals surface area (Å²) >= 11 is 0. The zero-order valence-electron chi connectivity index (χ0n) is 34.6. The van der Waals surface area contributed by atoms with Crippen molar-refractivity contribution in [2.24, 2.45) is 0 Å². The summed E-state index contributed by atoms with van der Waals surface area (Å²) in [4.78, 5) is 72.7. The van der Waals surface area contributed by atoms with Crippen molar-refractivity contribution >= 4 is 23.8 Å². The van der Waals surface area contributed by atoms with Gasteiger partial charge in [-0.1, -0.05) is 133 Å². The van der Waals surface area contributed by atoms with E-state index in [2.05, 4.69) is 0 Å². The van der Waals surface area contributed by atoms with Crippen LogP contribution < -0.4 is 0 Å². The van der Waals surface area contributed by atoms with Crippen molar-refractivity contribution in [2.75, 3.05) is 39.3 Å². The van der Waals surface area contributed by atoms with Gasteiger partial charge in [-0.25, -0.2) is 9.97 Å². The molecule has 62 heavy (non-hydrogen) atoms. The Morgan fingerprint density at radius 2 is 0.790 bits per heavy atom. The Hall–Kier alpha value is -7.02. The maximum atomic E-state index is 14.5. The predicted molar refractivity (Wildman–Crippen MR) is 234 cm³/mol. The molecule has 0 aliphatic carbocycles. The zero-order valence-corrected chi connectivity index (χ0v) is 34.6. The molecule has 0 N–H and O–H groups in total. The molecule has 12 nitrogen and oxygen atoms in total. The van der Waals surface area contributed by atoms with Gasteiger partial charge in [0, 0.05) is 39.3 Å². The van der Waals surface area contributed by atoms with Crippen molar-refractivity contribution in [2.45, 2.75) is 39.4 Å². The molecule has 7 rings (SSSR count). The van der Waals surface area contributed by atoms with Crippen molar-refractivity contribution in [1.82, 2.24) is 29.6 Å². The van der Waals surface area contributed by atoms with E-state index in [0.717, 1.165) is 22.3 Å². The molecule has 0 fully saturated rings. The molecule has 0 saturated carbocycles. The number of nitrogens with zero attached hydrogens (tertiary/aromatic N) is 6. The average molecular weight is 831 g/mol. The number of hydrogen-bond donors (Lipinski definition) is 0. The van der Waals surface area contributed by atoms with Crippen LogP contribution in [0.5, 0.6) is 0 Å². The summed E-state index contributed by atoms with van der Waals surface area (Å²) in [6.07, 6.45) is 0. The van der Waals surface area contributed by atoms with Crippen LogP contribution in [0.1, 0.15) is 33.6 Å². The first kappa shape index (κ1) is 43.1. The van der Waals surface area contributed by atoms with Gasteiger partial charge >= 0.3 is 11.9 Å². The summed E-state index contributed by atoms with van der Waals surface area (Å²) in [5.74, 6) is -1.41. The Morgan fingerprint density at radius 3 is 1.16 bits per heavy atom. The molecular formula is C50H50N6O6. The highest BCUT2D eigenvalue weighted by molar-refractivity contribution is 5.81. The van der Waals surface area contributed by atoms with Crippen LogP contribution in [-0.4, -0.2) is 92.6 Å². The number of esters is 2. The summed E-state index contributed by atoms with van der Waals surface area (Å²) in [5.41, 5.74) is 6.00. The topological polar surface area (TPSA) is 125 Å². The molecule has 316 valence electrons. The maximum Gasteiger partial charge on any atom is 0.320 e. The molecule has 3 heterocycles. The van der Waals surface area contributed by atoms with Gasteiger partial charge in [-0.15, -0.1) is 0 Å². The maximum absolute atomic E-state index is 14.5. The number of carbonyl (C=O) groups excluding carboxylic acids is 4. The van der Waals surface area contributed by atoms with E-state index in [1.807, 2.05) is 158 Å². The van der Waals surface area contributed by atoms with Crippen LogP contribution in [0.2, 0.25) is 0 Å². The standard InChI is InChI=1S/C50H50N6O6/c57-47-33-53(35-49(59)61-37-41-19-9-3-10-20-41)31-43-23-13-25-45(51-43)46-26-14-24-44(52-46)32-54(36-50(60)62-38-42-21-11-4-12-22-42)34-48(58)56(30-40-17-7-2-8-18-40)28-27-55(47)29-39-15-5-1-6-16-39/h1-26H,27-38H2. The van der Waals surface area contributed by atoms with E-state index in [4.69, 9.17) is 19.4 Å². The largest absolute Gasteiger partial charge is 0.460 e. The number of aromatic nitrogens is 2. The van der Waals surface area contributed by atoms with E-state index in [1.54, 1.807) is 19.6 Å². The van der Waals surface area contributed by atoms with Gasteiger partial charge in [0.2, 0.25) is 11.8 Å². The second-order valence-corrected chi connectivity index (χ2v) is 15.2. The number of fused-ring (bicyclic) bond motifs is 5. The number of pyridine rings is 2. The fourth-order valence-corrected chi connectivity index (χ4v) is 7.16. The van der Waals surface area contributed by atoms with E-state index in [1.165, 1.54) is 0 Å². The molecule has 0 saturated heterocycles. The number of benzene rings is 4. The van der Waals surface area contributed by atoms with Crippen LogP contribution in [0.3, 0.4) is 0 Å². The Morgan fingerprint density at radius 1 is 0.435 bits per heavy atom. The van der Waals surface area contributed by atoms with Crippen molar-refractivity contribution in [3.05, 3.63) is 191 Å². The summed E-state index contributed by atoms with van der Waals surface area (Å²) in [5, 5.41) is 0. The predicted octanol–water partition coefficient (Wildman–Crippen LogP) is 6.31. The summed E-state index contributed by atoms with van der Waals surface area (Å²) in [6.45, 7) is 1.01. The second-order valence-electron chi connectivity index (χ2n) is 15.2. The molecule has 0 unspecified atom stereocenters. The quantitative estimate of drug-likeness (QED) is 0.130. The fourth-order valence-electron chi connectivity index (χ4n) is 7.16. The number of amides is 2. The zero-order chi connectivity index (χ0) is 42.9.